The first-order valence-corrected chi connectivity index (χ1v) is 6.55. The molecule has 0 aliphatic carbocycles. The van der Waals surface area contributed by atoms with E-state index in [1.54, 1.807) is 6.92 Å². The summed E-state index contributed by atoms with van der Waals surface area (Å²) in [5.41, 5.74) is 5.34. The fraction of sp³-hybridized carbons (Fsp3) is 0.875. The molecule has 1 atom stereocenters. The maximum absolute atomic E-state index is 11.5. The highest BCUT2D eigenvalue weighted by Crippen LogP contribution is 1.95. The lowest BCUT2D eigenvalue weighted by atomic mass is 10.2. The molecule has 0 fully saturated rings. The Morgan fingerprint density at radius 2 is 2.06 bits per heavy atom. The van der Waals surface area contributed by atoms with Gasteiger partial charge in [-0.05, 0) is 12.3 Å². The molecule has 0 aromatic rings. The van der Waals surface area contributed by atoms with E-state index in [0.29, 0.717) is 13.0 Å². The Hall–Kier alpha value is -0.860. The first kappa shape index (κ1) is 15.1. The largest absolute Gasteiger partial charge is 0.409 e. The van der Waals surface area contributed by atoms with E-state index in [0.717, 1.165) is 0 Å². The van der Waals surface area contributed by atoms with E-state index >= 15 is 0 Å². The molecule has 0 rings (SSSR count). The van der Waals surface area contributed by atoms with E-state index in [1.165, 1.54) is 0 Å². The highest BCUT2D eigenvalue weighted by molar-refractivity contribution is 7.87. The lowest BCUT2D eigenvalue weighted by Gasteiger charge is -2.16. The van der Waals surface area contributed by atoms with Crippen molar-refractivity contribution in [2.24, 2.45) is 16.8 Å². The lowest BCUT2D eigenvalue weighted by molar-refractivity contribution is 0.315. The first-order chi connectivity index (χ1) is 7.32. The summed E-state index contributed by atoms with van der Waals surface area (Å²) in [6.07, 6.45) is 0.401. The molecule has 0 saturated carbocycles. The van der Waals surface area contributed by atoms with Gasteiger partial charge in [0.1, 0.15) is 0 Å². The van der Waals surface area contributed by atoms with Crippen LogP contribution in [0, 0.1) is 5.92 Å². The van der Waals surface area contributed by atoms with Crippen LogP contribution in [-0.2, 0) is 10.2 Å². The molecule has 0 aromatic heterocycles. The fourth-order valence-corrected chi connectivity index (χ4v) is 2.23. The van der Waals surface area contributed by atoms with Crippen LogP contribution in [0.25, 0.3) is 0 Å². The lowest BCUT2D eigenvalue weighted by Crippen LogP contribution is -2.49. The molecule has 1 unspecified atom stereocenters. The molecular formula is C8H20N4O3S. The predicted molar refractivity (Wildman–Crippen MR) is 62.4 cm³/mol. The molecule has 0 heterocycles. The van der Waals surface area contributed by atoms with Crippen molar-refractivity contribution in [1.29, 1.82) is 0 Å². The van der Waals surface area contributed by atoms with Gasteiger partial charge in [0.15, 0.2) is 5.84 Å². The van der Waals surface area contributed by atoms with Gasteiger partial charge in [0.25, 0.3) is 10.2 Å². The standard InChI is InChI=1S/C8H20N4O3S/c1-4-7(8(9)11-13)12-16(14,15)10-5-6(2)3/h6-7,10,12-13H,4-5H2,1-3H3,(H2,9,11). The predicted octanol–water partition coefficient (Wildman–Crippen LogP) is -0.409. The van der Waals surface area contributed by atoms with Gasteiger partial charge in [-0.2, -0.15) is 13.1 Å². The summed E-state index contributed by atoms with van der Waals surface area (Å²) < 4.78 is 27.7. The molecule has 0 bridgehead atoms. The molecule has 96 valence electrons. The summed E-state index contributed by atoms with van der Waals surface area (Å²) >= 11 is 0. The number of nitrogens with two attached hydrogens (primary N) is 1. The molecule has 0 aliphatic rings. The summed E-state index contributed by atoms with van der Waals surface area (Å²) in [7, 11) is -3.62. The van der Waals surface area contributed by atoms with Gasteiger partial charge in [-0.1, -0.05) is 25.9 Å². The number of nitrogens with zero attached hydrogens (tertiary/aromatic N) is 1. The van der Waals surface area contributed by atoms with E-state index in [1.807, 2.05) is 13.8 Å². The van der Waals surface area contributed by atoms with Crippen molar-refractivity contribution < 1.29 is 13.6 Å². The highest BCUT2D eigenvalue weighted by atomic mass is 32.2. The SMILES string of the molecule is CCC(NS(=O)(=O)NCC(C)C)C(N)=NO. The van der Waals surface area contributed by atoms with Gasteiger partial charge >= 0.3 is 0 Å². The number of amidine groups is 1. The van der Waals surface area contributed by atoms with Crippen molar-refractivity contribution in [3.63, 3.8) is 0 Å². The third-order valence-corrected chi connectivity index (χ3v) is 3.00. The monoisotopic (exact) mass is 252 g/mol. The quantitative estimate of drug-likeness (QED) is 0.213. The molecule has 0 amide bonds. The van der Waals surface area contributed by atoms with E-state index in [4.69, 9.17) is 10.9 Å². The molecule has 5 N–H and O–H groups in total. The molecule has 0 aliphatic heterocycles. The smallest absolute Gasteiger partial charge is 0.277 e. The van der Waals surface area contributed by atoms with Gasteiger partial charge in [-0.15, -0.1) is 0 Å². The number of rotatable bonds is 7. The third-order valence-electron chi connectivity index (χ3n) is 1.86. The van der Waals surface area contributed by atoms with E-state index in [9.17, 15) is 8.42 Å². The van der Waals surface area contributed by atoms with Gasteiger partial charge in [-0.3, -0.25) is 0 Å². The van der Waals surface area contributed by atoms with Crippen LogP contribution in [0.15, 0.2) is 5.16 Å². The fourth-order valence-electron chi connectivity index (χ4n) is 0.928. The Morgan fingerprint density at radius 3 is 2.44 bits per heavy atom. The second kappa shape index (κ2) is 6.66. The summed E-state index contributed by atoms with van der Waals surface area (Å²) in [5.74, 6) is 0.0536. The zero-order chi connectivity index (χ0) is 12.8. The molecule has 8 heteroatoms. The molecule has 16 heavy (non-hydrogen) atoms. The van der Waals surface area contributed by atoms with Crippen molar-refractivity contribution in [2.75, 3.05) is 6.54 Å². The van der Waals surface area contributed by atoms with E-state index < -0.39 is 16.3 Å². The first-order valence-electron chi connectivity index (χ1n) is 5.06. The minimum atomic E-state index is -3.62. The van der Waals surface area contributed by atoms with E-state index in [2.05, 4.69) is 14.6 Å². The summed E-state index contributed by atoms with van der Waals surface area (Å²) in [5, 5.41) is 11.2. The second-order valence-corrected chi connectivity index (χ2v) is 5.38. The van der Waals surface area contributed by atoms with Crippen LogP contribution in [-0.4, -0.2) is 32.0 Å². The molecule has 0 spiro atoms. The van der Waals surface area contributed by atoms with Crippen molar-refractivity contribution in [2.45, 2.75) is 33.2 Å². The molecule has 0 aromatic carbocycles. The maximum Gasteiger partial charge on any atom is 0.277 e. The Balaban J connectivity index is 4.44. The van der Waals surface area contributed by atoms with Crippen LogP contribution >= 0.6 is 0 Å². The molecular weight excluding hydrogens is 232 g/mol. The van der Waals surface area contributed by atoms with Crippen molar-refractivity contribution in [1.82, 2.24) is 9.44 Å². The Kier molecular flexibility index (Phi) is 6.31. The van der Waals surface area contributed by atoms with Gasteiger partial charge in [0, 0.05) is 6.54 Å². The van der Waals surface area contributed by atoms with Crippen LogP contribution in [0.1, 0.15) is 27.2 Å². The Bertz CT molecular complexity index is 326. The summed E-state index contributed by atoms with van der Waals surface area (Å²) in [6.45, 7) is 5.85. The number of hydrogen-bond acceptors (Lipinski definition) is 4. The number of hydrogen-bond donors (Lipinski definition) is 4. The zero-order valence-corrected chi connectivity index (χ0v) is 10.6. The average molecular weight is 252 g/mol. The third kappa shape index (κ3) is 5.89. The van der Waals surface area contributed by atoms with Crippen LogP contribution in [0.2, 0.25) is 0 Å². The Morgan fingerprint density at radius 1 is 1.50 bits per heavy atom. The number of oxime groups is 1. The number of nitrogens with one attached hydrogen (secondary N) is 2. The average Bonchev–Trinajstić information content (AvgIpc) is 2.22. The van der Waals surface area contributed by atoms with Crippen molar-refractivity contribution in [3.05, 3.63) is 0 Å². The minimum Gasteiger partial charge on any atom is -0.409 e. The van der Waals surface area contributed by atoms with Gasteiger partial charge in [0.05, 0.1) is 6.04 Å². The van der Waals surface area contributed by atoms with Crippen LogP contribution in [0.4, 0.5) is 0 Å². The summed E-state index contributed by atoms with van der Waals surface area (Å²) in [6, 6.07) is -0.699. The minimum absolute atomic E-state index is 0.155. The normalized spacial score (nSPS) is 15.4. The van der Waals surface area contributed by atoms with Crippen LogP contribution in [0.3, 0.4) is 0 Å². The van der Waals surface area contributed by atoms with Crippen LogP contribution < -0.4 is 15.2 Å². The topological polar surface area (TPSA) is 117 Å². The van der Waals surface area contributed by atoms with Crippen molar-refractivity contribution in [3.8, 4) is 0 Å². The van der Waals surface area contributed by atoms with Gasteiger partial charge in [-0.25, -0.2) is 4.72 Å². The summed E-state index contributed by atoms with van der Waals surface area (Å²) in [4.78, 5) is 0. The highest BCUT2D eigenvalue weighted by Gasteiger charge is 2.19. The molecule has 0 radical (unpaired) electrons. The zero-order valence-electron chi connectivity index (χ0n) is 9.77. The maximum atomic E-state index is 11.5. The van der Waals surface area contributed by atoms with Gasteiger partial charge < -0.3 is 10.9 Å². The molecule has 7 nitrogen and oxygen atoms in total. The second-order valence-electron chi connectivity index (χ2n) is 3.85. The van der Waals surface area contributed by atoms with Gasteiger partial charge in [0.2, 0.25) is 0 Å². The Labute approximate surface area is 96.3 Å². The molecule has 0 saturated heterocycles. The van der Waals surface area contributed by atoms with E-state index in [-0.39, 0.29) is 11.8 Å². The van der Waals surface area contributed by atoms with Crippen LogP contribution in [0.5, 0.6) is 0 Å². The van der Waals surface area contributed by atoms with Crippen molar-refractivity contribution >= 4 is 16.0 Å².